The molecule has 0 aromatic heterocycles. The molecule has 0 saturated carbocycles. The number of methoxy groups -OCH3 is 1. The summed E-state index contributed by atoms with van der Waals surface area (Å²) in [5, 5.41) is 3.55. The molecule has 0 bridgehead atoms. The van der Waals surface area contributed by atoms with Crippen molar-refractivity contribution in [2.75, 3.05) is 53.0 Å². The van der Waals surface area contributed by atoms with Crippen LogP contribution in [0.5, 0.6) is 0 Å². The lowest BCUT2D eigenvalue weighted by molar-refractivity contribution is -0.0771. The average Bonchev–Trinajstić information content (AvgIpc) is 2.46. The maximum absolute atomic E-state index is 5.80. The van der Waals surface area contributed by atoms with E-state index >= 15 is 0 Å². The highest BCUT2D eigenvalue weighted by atomic mass is 16.5. The molecular formula is C16H32N2O2. The first-order chi connectivity index (χ1) is 9.61. The van der Waals surface area contributed by atoms with Gasteiger partial charge in [0, 0.05) is 38.8 Å². The van der Waals surface area contributed by atoms with Crippen LogP contribution < -0.4 is 5.32 Å². The van der Waals surface area contributed by atoms with Gasteiger partial charge in [-0.1, -0.05) is 6.92 Å². The summed E-state index contributed by atoms with van der Waals surface area (Å²) >= 11 is 0. The lowest BCUT2D eigenvalue weighted by Crippen LogP contribution is -2.54. The molecule has 4 nitrogen and oxygen atoms in total. The average molecular weight is 284 g/mol. The fourth-order valence-corrected chi connectivity index (χ4v) is 3.70. The SMILES string of the molecule is CCNCC1(CN2CCCC(C)(OC)C2)CCCOC1. The number of hydrogen-bond acceptors (Lipinski definition) is 4. The minimum Gasteiger partial charge on any atom is -0.381 e. The van der Waals surface area contributed by atoms with E-state index in [-0.39, 0.29) is 5.60 Å². The van der Waals surface area contributed by atoms with E-state index in [4.69, 9.17) is 9.47 Å². The number of likely N-dealkylation sites (tertiary alicyclic amines) is 1. The molecule has 0 amide bonds. The summed E-state index contributed by atoms with van der Waals surface area (Å²) in [6.45, 7) is 11.8. The lowest BCUT2D eigenvalue weighted by atomic mass is 9.80. The smallest absolute Gasteiger partial charge is 0.0777 e. The fourth-order valence-electron chi connectivity index (χ4n) is 3.70. The molecule has 4 heteroatoms. The highest BCUT2D eigenvalue weighted by Crippen LogP contribution is 2.32. The van der Waals surface area contributed by atoms with Gasteiger partial charge in [-0.2, -0.15) is 0 Å². The van der Waals surface area contributed by atoms with Gasteiger partial charge in [-0.25, -0.2) is 0 Å². The predicted molar refractivity (Wildman–Crippen MR) is 82.1 cm³/mol. The Labute approximate surface area is 124 Å². The van der Waals surface area contributed by atoms with Crippen LogP contribution in [0, 0.1) is 5.41 Å². The maximum Gasteiger partial charge on any atom is 0.0777 e. The number of rotatable bonds is 6. The Balaban J connectivity index is 1.96. The number of ether oxygens (including phenoxy) is 2. The normalized spacial score (nSPS) is 36.1. The highest BCUT2D eigenvalue weighted by molar-refractivity contribution is 4.91. The molecule has 0 spiro atoms. The first-order valence-electron chi connectivity index (χ1n) is 8.17. The van der Waals surface area contributed by atoms with Gasteiger partial charge in [0.2, 0.25) is 0 Å². The second-order valence-electron chi connectivity index (χ2n) is 6.90. The third-order valence-corrected chi connectivity index (χ3v) is 4.94. The molecule has 2 atom stereocenters. The summed E-state index contributed by atoms with van der Waals surface area (Å²) < 4.78 is 11.5. The monoisotopic (exact) mass is 284 g/mol. The van der Waals surface area contributed by atoms with Crippen LogP contribution in [0.1, 0.15) is 39.5 Å². The molecule has 2 heterocycles. The van der Waals surface area contributed by atoms with Crippen molar-refractivity contribution in [3.63, 3.8) is 0 Å². The second kappa shape index (κ2) is 7.21. The van der Waals surface area contributed by atoms with Gasteiger partial charge in [0.05, 0.1) is 12.2 Å². The van der Waals surface area contributed by atoms with Gasteiger partial charge in [0.15, 0.2) is 0 Å². The fraction of sp³-hybridized carbons (Fsp3) is 1.00. The van der Waals surface area contributed by atoms with E-state index in [1.54, 1.807) is 0 Å². The zero-order valence-electron chi connectivity index (χ0n) is 13.5. The van der Waals surface area contributed by atoms with E-state index < -0.39 is 0 Å². The van der Waals surface area contributed by atoms with Gasteiger partial charge in [-0.3, -0.25) is 4.90 Å². The van der Waals surface area contributed by atoms with Crippen LogP contribution in [0.3, 0.4) is 0 Å². The van der Waals surface area contributed by atoms with Crippen molar-refractivity contribution in [3.8, 4) is 0 Å². The first kappa shape index (κ1) is 16.2. The van der Waals surface area contributed by atoms with Crippen molar-refractivity contribution in [3.05, 3.63) is 0 Å². The summed E-state index contributed by atoms with van der Waals surface area (Å²) in [7, 11) is 1.85. The Morgan fingerprint density at radius 3 is 2.80 bits per heavy atom. The van der Waals surface area contributed by atoms with E-state index in [0.29, 0.717) is 5.41 Å². The first-order valence-corrected chi connectivity index (χ1v) is 8.17. The molecule has 2 unspecified atom stereocenters. The zero-order valence-corrected chi connectivity index (χ0v) is 13.5. The molecule has 2 rings (SSSR count). The topological polar surface area (TPSA) is 33.7 Å². The number of piperidine rings is 1. The van der Waals surface area contributed by atoms with Crippen LogP contribution in [0.15, 0.2) is 0 Å². The van der Waals surface area contributed by atoms with Gasteiger partial charge >= 0.3 is 0 Å². The van der Waals surface area contributed by atoms with Gasteiger partial charge in [-0.05, 0) is 45.7 Å². The van der Waals surface area contributed by atoms with E-state index in [0.717, 1.165) is 39.4 Å². The van der Waals surface area contributed by atoms with E-state index in [9.17, 15) is 0 Å². The molecule has 20 heavy (non-hydrogen) atoms. The standard InChI is InChI=1S/C16H32N2O2/c1-4-17-11-16(8-6-10-20-14-16)13-18-9-5-7-15(2,12-18)19-3/h17H,4-14H2,1-3H3. The van der Waals surface area contributed by atoms with Crippen molar-refractivity contribution in [1.82, 2.24) is 10.2 Å². The highest BCUT2D eigenvalue weighted by Gasteiger charge is 2.38. The minimum absolute atomic E-state index is 0.0349. The predicted octanol–water partition coefficient (Wildman–Crippen LogP) is 1.89. The van der Waals surface area contributed by atoms with Crippen LogP contribution in [0.2, 0.25) is 0 Å². The van der Waals surface area contributed by atoms with Crippen molar-refractivity contribution >= 4 is 0 Å². The van der Waals surface area contributed by atoms with E-state index in [1.165, 1.54) is 32.2 Å². The van der Waals surface area contributed by atoms with Crippen molar-refractivity contribution < 1.29 is 9.47 Å². The van der Waals surface area contributed by atoms with Crippen LogP contribution in [0.25, 0.3) is 0 Å². The van der Waals surface area contributed by atoms with Crippen LogP contribution >= 0.6 is 0 Å². The van der Waals surface area contributed by atoms with Crippen molar-refractivity contribution in [2.24, 2.45) is 5.41 Å². The molecule has 0 aliphatic carbocycles. The number of hydrogen-bond donors (Lipinski definition) is 1. The molecule has 0 aromatic rings. The molecule has 1 N–H and O–H groups in total. The Morgan fingerprint density at radius 2 is 2.15 bits per heavy atom. The van der Waals surface area contributed by atoms with Gasteiger partial charge in [-0.15, -0.1) is 0 Å². The third kappa shape index (κ3) is 4.17. The van der Waals surface area contributed by atoms with E-state index in [1.807, 2.05) is 7.11 Å². The Morgan fingerprint density at radius 1 is 1.30 bits per heavy atom. The lowest BCUT2D eigenvalue weighted by Gasteiger charge is -2.45. The van der Waals surface area contributed by atoms with Crippen molar-refractivity contribution in [1.29, 1.82) is 0 Å². The van der Waals surface area contributed by atoms with Crippen LogP contribution in [-0.4, -0.2) is 63.5 Å². The molecule has 2 saturated heterocycles. The Kier molecular flexibility index (Phi) is 5.84. The second-order valence-corrected chi connectivity index (χ2v) is 6.90. The van der Waals surface area contributed by atoms with Gasteiger partial charge in [0.25, 0.3) is 0 Å². The molecule has 0 aromatic carbocycles. The molecule has 2 aliphatic rings. The van der Waals surface area contributed by atoms with Crippen LogP contribution in [-0.2, 0) is 9.47 Å². The Bertz CT molecular complexity index is 292. The summed E-state index contributed by atoms with van der Waals surface area (Å²) in [5.41, 5.74) is 0.327. The summed E-state index contributed by atoms with van der Waals surface area (Å²) in [5.74, 6) is 0. The number of nitrogens with one attached hydrogen (secondary N) is 1. The largest absolute Gasteiger partial charge is 0.381 e. The number of nitrogens with zero attached hydrogens (tertiary/aromatic N) is 1. The Hall–Kier alpha value is -0.160. The summed E-state index contributed by atoms with van der Waals surface area (Å²) in [6.07, 6.45) is 4.89. The minimum atomic E-state index is 0.0349. The molecule has 118 valence electrons. The third-order valence-electron chi connectivity index (χ3n) is 4.94. The van der Waals surface area contributed by atoms with Gasteiger partial charge in [0.1, 0.15) is 0 Å². The zero-order chi connectivity index (χ0) is 14.5. The summed E-state index contributed by atoms with van der Waals surface area (Å²) in [4.78, 5) is 2.60. The van der Waals surface area contributed by atoms with Crippen LogP contribution in [0.4, 0.5) is 0 Å². The molecule has 0 radical (unpaired) electrons. The summed E-state index contributed by atoms with van der Waals surface area (Å²) in [6, 6.07) is 0. The maximum atomic E-state index is 5.80. The molecule has 2 aliphatic heterocycles. The molecular weight excluding hydrogens is 252 g/mol. The molecule has 2 fully saturated rings. The van der Waals surface area contributed by atoms with Crippen molar-refractivity contribution in [2.45, 2.75) is 45.1 Å². The van der Waals surface area contributed by atoms with Gasteiger partial charge < -0.3 is 14.8 Å². The van der Waals surface area contributed by atoms with E-state index in [2.05, 4.69) is 24.1 Å². The quantitative estimate of drug-likeness (QED) is 0.808.